The molecular weight excluding hydrogens is 243 g/mol. The lowest BCUT2D eigenvalue weighted by molar-refractivity contribution is 0.0890. The number of halogens is 2. The first-order valence-electron chi connectivity index (χ1n) is 5.68. The molecule has 0 amide bonds. The first-order chi connectivity index (χ1) is 7.68. The van der Waals surface area contributed by atoms with Crippen molar-refractivity contribution in [1.82, 2.24) is 0 Å². The Morgan fingerprint density at radius 1 is 1.12 bits per heavy atom. The highest BCUT2D eigenvalue weighted by atomic mass is 35.5. The molecule has 0 N–H and O–H groups in total. The maximum atomic E-state index is 12.2. The van der Waals surface area contributed by atoms with E-state index in [2.05, 4.69) is 0 Å². The summed E-state index contributed by atoms with van der Waals surface area (Å²) in [6, 6.07) is 5.10. The number of hydrogen-bond acceptors (Lipinski definition) is 1. The highest BCUT2D eigenvalue weighted by Crippen LogP contribution is 2.30. The van der Waals surface area contributed by atoms with Gasteiger partial charge in [-0.1, -0.05) is 42.5 Å². The van der Waals surface area contributed by atoms with Gasteiger partial charge in [-0.2, -0.15) is 0 Å². The van der Waals surface area contributed by atoms with E-state index >= 15 is 0 Å². The Bertz CT molecular complexity index is 395. The zero-order chi connectivity index (χ0) is 11.5. The van der Waals surface area contributed by atoms with Crippen molar-refractivity contribution < 1.29 is 4.79 Å². The molecule has 1 aromatic carbocycles. The Morgan fingerprint density at radius 2 is 1.81 bits per heavy atom. The summed E-state index contributed by atoms with van der Waals surface area (Å²) < 4.78 is 0. The molecule has 86 valence electrons. The number of ketones is 1. The minimum atomic E-state index is 0.160. The second kappa shape index (κ2) is 5.20. The number of hydrogen-bond donors (Lipinski definition) is 0. The van der Waals surface area contributed by atoms with Crippen LogP contribution in [0, 0.1) is 5.92 Å². The van der Waals surface area contributed by atoms with Gasteiger partial charge >= 0.3 is 0 Å². The molecule has 0 atom stereocenters. The van der Waals surface area contributed by atoms with Gasteiger partial charge in [0, 0.05) is 16.5 Å². The Kier molecular flexibility index (Phi) is 3.88. The van der Waals surface area contributed by atoms with Crippen molar-refractivity contribution in [1.29, 1.82) is 0 Å². The lowest BCUT2D eigenvalue weighted by Gasteiger charge is -2.20. The molecule has 1 aromatic rings. The van der Waals surface area contributed by atoms with E-state index in [-0.39, 0.29) is 11.7 Å². The molecule has 0 radical (unpaired) electrons. The first-order valence-corrected chi connectivity index (χ1v) is 6.43. The molecule has 1 nitrogen and oxygen atoms in total. The SMILES string of the molecule is O=C(c1ccc(Cl)cc1Cl)C1CCCCC1. The van der Waals surface area contributed by atoms with Crippen molar-refractivity contribution >= 4 is 29.0 Å². The van der Waals surface area contributed by atoms with Gasteiger partial charge in [-0.15, -0.1) is 0 Å². The fraction of sp³-hybridized carbons (Fsp3) is 0.462. The zero-order valence-corrected chi connectivity index (χ0v) is 10.5. The van der Waals surface area contributed by atoms with Crippen LogP contribution in [0.5, 0.6) is 0 Å². The van der Waals surface area contributed by atoms with E-state index in [0.717, 1.165) is 25.7 Å². The number of carbonyl (C=O) groups is 1. The average Bonchev–Trinajstić information content (AvgIpc) is 2.29. The highest BCUT2D eigenvalue weighted by molar-refractivity contribution is 6.36. The summed E-state index contributed by atoms with van der Waals surface area (Å²) in [4.78, 5) is 12.2. The summed E-state index contributed by atoms with van der Waals surface area (Å²) in [5.41, 5.74) is 0.623. The largest absolute Gasteiger partial charge is 0.294 e. The zero-order valence-electron chi connectivity index (χ0n) is 9.01. The summed E-state index contributed by atoms with van der Waals surface area (Å²) >= 11 is 11.9. The molecule has 1 aliphatic carbocycles. The minimum absolute atomic E-state index is 0.160. The third-order valence-corrected chi connectivity index (χ3v) is 3.72. The Labute approximate surface area is 106 Å². The number of carbonyl (C=O) groups excluding carboxylic acids is 1. The molecule has 0 bridgehead atoms. The predicted molar refractivity (Wildman–Crippen MR) is 67.4 cm³/mol. The normalized spacial score (nSPS) is 17.4. The highest BCUT2D eigenvalue weighted by Gasteiger charge is 2.23. The van der Waals surface area contributed by atoms with Gasteiger partial charge in [0.2, 0.25) is 0 Å². The topological polar surface area (TPSA) is 17.1 Å². The predicted octanol–water partition coefficient (Wildman–Crippen LogP) is 4.76. The molecular formula is C13H14Cl2O. The van der Waals surface area contributed by atoms with E-state index in [1.807, 2.05) is 0 Å². The summed E-state index contributed by atoms with van der Waals surface area (Å²) in [6.45, 7) is 0. The molecule has 1 aliphatic rings. The fourth-order valence-electron chi connectivity index (χ4n) is 2.27. The van der Waals surface area contributed by atoms with Crippen LogP contribution in [0.2, 0.25) is 10.0 Å². The van der Waals surface area contributed by atoms with Gasteiger partial charge in [0.15, 0.2) is 5.78 Å². The van der Waals surface area contributed by atoms with Gasteiger partial charge < -0.3 is 0 Å². The van der Waals surface area contributed by atoms with E-state index in [1.165, 1.54) is 6.42 Å². The standard InChI is InChI=1S/C13H14Cl2O/c14-10-6-7-11(12(15)8-10)13(16)9-4-2-1-3-5-9/h6-9H,1-5H2. The van der Waals surface area contributed by atoms with E-state index in [4.69, 9.17) is 23.2 Å². The fourth-order valence-corrected chi connectivity index (χ4v) is 2.78. The van der Waals surface area contributed by atoms with Crippen molar-refractivity contribution in [2.45, 2.75) is 32.1 Å². The van der Waals surface area contributed by atoms with Crippen LogP contribution in [-0.2, 0) is 0 Å². The lowest BCUT2D eigenvalue weighted by atomic mass is 9.84. The molecule has 1 saturated carbocycles. The van der Waals surface area contributed by atoms with Crippen LogP contribution in [0.1, 0.15) is 42.5 Å². The summed E-state index contributed by atoms with van der Waals surface area (Å²) in [6.07, 6.45) is 5.55. The van der Waals surface area contributed by atoms with Crippen LogP contribution in [-0.4, -0.2) is 5.78 Å². The van der Waals surface area contributed by atoms with Crippen molar-refractivity contribution in [3.8, 4) is 0 Å². The first kappa shape index (κ1) is 11.9. The molecule has 0 aromatic heterocycles. The summed E-state index contributed by atoms with van der Waals surface area (Å²) in [7, 11) is 0. The van der Waals surface area contributed by atoms with Crippen LogP contribution in [0.15, 0.2) is 18.2 Å². The van der Waals surface area contributed by atoms with Gasteiger partial charge in [0.05, 0.1) is 5.02 Å². The maximum Gasteiger partial charge on any atom is 0.167 e. The molecule has 0 aliphatic heterocycles. The Morgan fingerprint density at radius 3 is 2.44 bits per heavy atom. The van der Waals surface area contributed by atoms with Crippen LogP contribution in [0.4, 0.5) is 0 Å². The maximum absolute atomic E-state index is 12.2. The van der Waals surface area contributed by atoms with Crippen molar-refractivity contribution in [3.05, 3.63) is 33.8 Å². The third-order valence-electron chi connectivity index (χ3n) is 3.17. The van der Waals surface area contributed by atoms with Crippen molar-refractivity contribution in [3.63, 3.8) is 0 Å². The molecule has 16 heavy (non-hydrogen) atoms. The third kappa shape index (κ3) is 2.58. The molecule has 0 heterocycles. The number of rotatable bonds is 2. The Hall–Kier alpha value is -0.530. The summed E-state index contributed by atoms with van der Waals surface area (Å²) in [5, 5.41) is 1.05. The van der Waals surface area contributed by atoms with Crippen LogP contribution in [0.25, 0.3) is 0 Å². The lowest BCUT2D eigenvalue weighted by Crippen LogP contribution is -2.18. The summed E-state index contributed by atoms with van der Waals surface area (Å²) in [5.74, 6) is 0.341. The van der Waals surface area contributed by atoms with Gasteiger partial charge in [-0.3, -0.25) is 4.79 Å². The number of Topliss-reactive ketones (excluding diaryl/α,β-unsaturated/α-hetero) is 1. The second-order valence-electron chi connectivity index (χ2n) is 4.32. The van der Waals surface area contributed by atoms with Gasteiger partial charge in [0.25, 0.3) is 0 Å². The van der Waals surface area contributed by atoms with Crippen molar-refractivity contribution in [2.75, 3.05) is 0 Å². The van der Waals surface area contributed by atoms with Gasteiger partial charge in [-0.25, -0.2) is 0 Å². The molecule has 0 spiro atoms. The van der Waals surface area contributed by atoms with Crippen LogP contribution in [0.3, 0.4) is 0 Å². The second-order valence-corrected chi connectivity index (χ2v) is 5.17. The van der Waals surface area contributed by atoms with Gasteiger partial charge in [-0.05, 0) is 31.0 Å². The molecule has 0 saturated heterocycles. The Balaban J connectivity index is 2.19. The minimum Gasteiger partial charge on any atom is -0.294 e. The quantitative estimate of drug-likeness (QED) is 0.698. The van der Waals surface area contributed by atoms with E-state index < -0.39 is 0 Å². The average molecular weight is 257 g/mol. The van der Waals surface area contributed by atoms with E-state index in [9.17, 15) is 4.79 Å². The number of benzene rings is 1. The van der Waals surface area contributed by atoms with Gasteiger partial charge in [0.1, 0.15) is 0 Å². The van der Waals surface area contributed by atoms with E-state index in [1.54, 1.807) is 18.2 Å². The monoisotopic (exact) mass is 256 g/mol. The van der Waals surface area contributed by atoms with E-state index in [0.29, 0.717) is 15.6 Å². The molecule has 3 heteroatoms. The molecule has 1 fully saturated rings. The van der Waals surface area contributed by atoms with Crippen LogP contribution < -0.4 is 0 Å². The van der Waals surface area contributed by atoms with Crippen LogP contribution >= 0.6 is 23.2 Å². The van der Waals surface area contributed by atoms with Crippen molar-refractivity contribution in [2.24, 2.45) is 5.92 Å². The molecule has 2 rings (SSSR count). The molecule has 0 unspecified atom stereocenters. The smallest absolute Gasteiger partial charge is 0.167 e.